The van der Waals surface area contributed by atoms with Crippen molar-refractivity contribution in [2.45, 2.75) is 123 Å². The molecule has 4 rings (SSSR count). The van der Waals surface area contributed by atoms with Crippen LogP contribution in [0.25, 0.3) is 0 Å². The van der Waals surface area contributed by atoms with E-state index in [1.165, 1.54) is 4.90 Å². The van der Waals surface area contributed by atoms with Crippen molar-refractivity contribution >= 4 is 29.5 Å². The SMILES string of the molecule is CC(C)=C[C@@H]1C[C@@H](C(=O)NC(CC2CC2)C(=O)C(N)=O)N(C(=O)[C@@H](NC(=O)N[C@@H](C2CCCC2)C(O)OCc2ccccc2)C(C)(C)C)C1. The Bertz CT molecular complexity index is 1360. The first-order valence-corrected chi connectivity index (χ1v) is 17.6. The Kier molecular flexibility index (Phi) is 13.0. The molecule has 6 atom stereocenters. The number of nitrogens with one attached hydrogen (secondary N) is 3. The number of hydrogen-bond donors (Lipinski definition) is 5. The third kappa shape index (κ3) is 10.9. The van der Waals surface area contributed by atoms with Crippen LogP contribution in [0.1, 0.15) is 91.5 Å². The molecular formula is C37H55N5O7. The Hall–Kier alpha value is -3.77. The minimum atomic E-state index is -1.26. The van der Waals surface area contributed by atoms with Crippen molar-refractivity contribution in [1.82, 2.24) is 20.9 Å². The molecule has 1 aromatic carbocycles. The van der Waals surface area contributed by atoms with Crippen LogP contribution in [0, 0.1) is 23.2 Å². The number of allylic oxidation sites excluding steroid dienone is 1. The number of primary amides is 1. The lowest BCUT2D eigenvalue weighted by molar-refractivity contribution is -0.143. The number of nitrogens with two attached hydrogens (primary N) is 1. The van der Waals surface area contributed by atoms with E-state index in [-0.39, 0.29) is 30.9 Å². The highest BCUT2D eigenvalue weighted by molar-refractivity contribution is 6.37. The summed E-state index contributed by atoms with van der Waals surface area (Å²) in [5.41, 5.74) is 6.47. The molecule has 3 fully saturated rings. The minimum absolute atomic E-state index is 0.00324. The second-order valence-electron chi connectivity index (χ2n) is 15.4. The molecular weight excluding hydrogens is 626 g/mol. The number of ketones is 1. The number of Topliss-reactive ketones (excluding diaryl/α,β-unsaturated/α-hetero) is 1. The van der Waals surface area contributed by atoms with E-state index in [1.807, 2.05) is 71.0 Å². The van der Waals surface area contributed by atoms with Crippen LogP contribution in [0.15, 0.2) is 42.0 Å². The average Bonchev–Trinajstić information content (AvgIpc) is 3.50. The van der Waals surface area contributed by atoms with Crippen LogP contribution in [0.4, 0.5) is 4.79 Å². The molecule has 0 radical (unpaired) electrons. The van der Waals surface area contributed by atoms with Gasteiger partial charge in [-0.3, -0.25) is 19.2 Å². The summed E-state index contributed by atoms with van der Waals surface area (Å²) in [6, 6.07) is 5.14. The fourth-order valence-corrected chi connectivity index (χ4v) is 7.05. The Morgan fingerprint density at radius 2 is 1.65 bits per heavy atom. The summed E-state index contributed by atoms with van der Waals surface area (Å²) < 4.78 is 5.81. The van der Waals surface area contributed by atoms with Crippen molar-refractivity contribution in [1.29, 1.82) is 0 Å². The highest BCUT2D eigenvalue weighted by Crippen LogP contribution is 2.35. The first-order valence-electron chi connectivity index (χ1n) is 17.6. The van der Waals surface area contributed by atoms with E-state index in [1.54, 1.807) is 0 Å². The van der Waals surface area contributed by atoms with Crippen LogP contribution in [-0.2, 0) is 30.5 Å². The van der Waals surface area contributed by atoms with Gasteiger partial charge in [0.2, 0.25) is 17.6 Å². The highest BCUT2D eigenvalue weighted by Gasteiger charge is 2.46. The molecule has 2 saturated carbocycles. The van der Waals surface area contributed by atoms with Crippen molar-refractivity contribution in [2.75, 3.05) is 6.54 Å². The molecule has 0 spiro atoms. The Morgan fingerprint density at radius 1 is 1.00 bits per heavy atom. The number of hydrogen-bond acceptors (Lipinski definition) is 7. The van der Waals surface area contributed by atoms with E-state index in [2.05, 4.69) is 16.0 Å². The van der Waals surface area contributed by atoms with E-state index < -0.39 is 65.4 Å². The molecule has 12 heteroatoms. The number of benzene rings is 1. The number of aliphatic hydroxyl groups excluding tert-OH is 1. The van der Waals surface area contributed by atoms with Gasteiger partial charge in [-0.2, -0.15) is 0 Å². The van der Waals surface area contributed by atoms with E-state index in [4.69, 9.17) is 10.5 Å². The highest BCUT2D eigenvalue weighted by atomic mass is 16.6. The van der Waals surface area contributed by atoms with E-state index in [9.17, 15) is 29.1 Å². The van der Waals surface area contributed by atoms with Gasteiger partial charge in [0.05, 0.1) is 18.7 Å². The molecule has 1 aromatic rings. The van der Waals surface area contributed by atoms with Crippen LogP contribution >= 0.6 is 0 Å². The Morgan fingerprint density at radius 3 is 2.22 bits per heavy atom. The summed E-state index contributed by atoms with van der Waals surface area (Å²) in [4.78, 5) is 67.7. The van der Waals surface area contributed by atoms with E-state index >= 15 is 0 Å². The van der Waals surface area contributed by atoms with Crippen LogP contribution in [0.5, 0.6) is 0 Å². The standard InChI is InChI=1S/C37H55N5O7/c1-22(2)17-25-19-28(33(45)39-27(18-23-15-16-23)30(43)32(38)44)42(20-25)34(46)31(37(3,4)5)41-36(48)40-29(26-13-9-10-14-26)35(47)49-21-24-11-7-6-8-12-24/h6-8,11-12,17,23,25-29,31,35,47H,9-10,13-16,18-21H2,1-5H3,(H2,38,44)(H,39,45)(H2,40,41,48)/t25-,27?,28+,29+,31-,35?/m1/s1. The number of urea groups is 1. The van der Waals surface area contributed by atoms with Crippen molar-refractivity contribution in [3.8, 4) is 0 Å². The number of rotatable bonds is 15. The minimum Gasteiger partial charge on any atom is -0.366 e. The number of carbonyl (C=O) groups is 5. The maximum absolute atomic E-state index is 14.4. The fraction of sp³-hybridized carbons (Fsp3) is 0.649. The second-order valence-corrected chi connectivity index (χ2v) is 15.4. The molecule has 6 N–H and O–H groups in total. The molecule has 12 nitrogen and oxygen atoms in total. The molecule has 2 aliphatic carbocycles. The number of ether oxygens (including phenoxy) is 1. The van der Waals surface area contributed by atoms with Crippen LogP contribution in [0.2, 0.25) is 0 Å². The van der Waals surface area contributed by atoms with Crippen LogP contribution in [-0.4, -0.2) is 76.5 Å². The Balaban J connectivity index is 1.51. The third-order valence-electron chi connectivity index (χ3n) is 9.79. The van der Waals surface area contributed by atoms with Crippen molar-refractivity contribution < 1.29 is 33.8 Å². The van der Waals surface area contributed by atoms with Gasteiger partial charge in [0.25, 0.3) is 5.91 Å². The molecule has 0 aromatic heterocycles. The second kappa shape index (κ2) is 16.8. The van der Waals surface area contributed by atoms with Gasteiger partial charge < -0.3 is 36.4 Å². The van der Waals surface area contributed by atoms with Crippen LogP contribution in [0.3, 0.4) is 0 Å². The average molecular weight is 682 g/mol. The molecule has 1 saturated heterocycles. The summed E-state index contributed by atoms with van der Waals surface area (Å²) in [5, 5.41) is 19.6. The van der Waals surface area contributed by atoms with Gasteiger partial charge >= 0.3 is 6.03 Å². The third-order valence-corrected chi connectivity index (χ3v) is 9.79. The fourth-order valence-electron chi connectivity index (χ4n) is 7.05. The molecule has 3 aliphatic rings. The topological polar surface area (TPSA) is 180 Å². The maximum atomic E-state index is 14.4. The Labute approximate surface area is 290 Å². The lowest BCUT2D eigenvalue weighted by atomic mass is 9.85. The van der Waals surface area contributed by atoms with Gasteiger partial charge in [0.15, 0.2) is 6.29 Å². The van der Waals surface area contributed by atoms with Gasteiger partial charge in [-0.15, -0.1) is 0 Å². The lowest BCUT2D eigenvalue weighted by Gasteiger charge is -2.36. The largest absolute Gasteiger partial charge is 0.366 e. The lowest BCUT2D eigenvalue weighted by Crippen LogP contribution is -2.61. The van der Waals surface area contributed by atoms with Gasteiger partial charge in [0, 0.05) is 6.54 Å². The van der Waals surface area contributed by atoms with Crippen molar-refractivity contribution in [3.63, 3.8) is 0 Å². The van der Waals surface area contributed by atoms with Gasteiger partial charge in [-0.05, 0) is 68.3 Å². The first-order chi connectivity index (χ1) is 23.1. The summed E-state index contributed by atoms with van der Waals surface area (Å²) in [7, 11) is 0. The number of carbonyl (C=O) groups excluding carboxylic acids is 5. The van der Waals surface area contributed by atoms with Gasteiger partial charge in [-0.25, -0.2) is 4.79 Å². The number of likely N-dealkylation sites (tertiary alicyclic amines) is 1. The number of aliphatic hydroxyl groups is 1. The predicted octanol–water partition coefficient (Wildman–Crippen LogP) is 3.32. The molecule has 1 aliphatic heterocycles. The predicted molar refractivity (Wildman–Crippen MR) is 184 cm³/mol. The van der Waals surface area contributed by atoms with Crippen LogP contribution < -0.4 is 21.7 Å². The number of nitrogens with zero attached hydrogens (tertiary/aromatic N) is 1. The zero-order valence-electron chi connectivity index (χ0n) is 29.6. The number of amides is 5. The van der Waals surface area contributed by atoms with E-state index in [0.29, 0.717) is 12.8 Å². The molecule has 5 amide bonds. The molecule has 2 unspecified atom stereocenters. The molecule has 270 valence electrons. The quantitative estimate of drug-likeness (QED) is 0.107. The summed E-state index contributed by atoms with van der Waals surface area (Å²) in [6.45, 7) is 9.80. The van der Waals surface area contributed by atoms with E-state index in [0.717, 1.165) is 49.7 Å². The zero-order chi connectivity index (χ0) is 35.9. The molecule has 49 heavy (non-hydrogen) atoms. The van der Waals surface area contributed by atoms with Crippen molar-refractivity contribution in [2.24, 2.45) is 28.9 Å². The monoisotopic (exact) mass is 681 g/mol. The molecule has 0 bridgehead atoms. The normalized spacial score (nSPS) is 22.0. The summed E-state index contributed by atoms with van der Waals surface area (Å²) >= 11 is 0. The molecule has 1 heterocycles. The zero-order valence-corrected chi connectivity index (χ0v) is 29.6. The van der Waals surface area contributed by atoms with Gasteiger partial charge in [-0.1, -0.05) is 88.4 Å². The first kappa shape index (κ1) is 38.0. The van der Waals surface area contributed by atoms with Gasteiger partial charge in [0.1, 0.15) is 12.1 Å². The summed E-state index contributed by atoms with van der Waals surface area (Å²) in [6.07, 6.45) is 6.83. The maximum Gasteiger partial charge on any atom is 0.315 e. The van der Waals surface area contributed by atoms with Crippen molar-refractivity contribution in [3.05, 3.63) is 47.5 Å². The smallest absolute Gasteiger partial charge is 0.315 e. The summed E-state index contributed by atoms with van der Waals surface area (Å²) in [5.74, 6) is -2.82.